The number of hydrogen-bond acceptors (Lipinski definition) is 9. The number of halogens is 1. The first kappa shape index (κ1) is 26.3. The summed E-state index contributed by atoms with van der Waals surface area (Å²) >= 11 is 0. The van der Waals surface area contributed by atoms with Crippen LogP contribution in [-0.2, 0) is 0 Å². The summed E-state index contributed by atoms with van der Waals surface area (Å²) < 4.78 is 13.9. The lowest BCUT2D eigenvalue weighted by Crippen LogP contribution is -2.39. The molecule has 4 aromatic rings. The number of anilines is 2. The van der Waals surface area contributed by atoms with Gasteiger partial charge in [-0.1, -0.05) is 39.0 Å². The van der Waals surface area contributed by atoms with Crippen LogP contribution in [0.5, 0.6) is 0 Å². The Kier molecular flexibility index (Phi) is 6.56. The fourth-order valence-electron chi connectivity index (χ4n) is 5.08. The molecule has 0 bridgehead atoms. The van der Waals surface area contributed by atoms with Crippen molar-refractivity contribution in [3.05, 3.63) is 83.4 Å². The molecule has 41 heavy (non-hydrogen) atoms. The highest BCUT2D eigenvalue weighted by Gasteiger charge is 2.43. The van der Waals surface area contributed by atoms with Gasteiger partial charge in [-0.25, -0.2) is 4.39 Å². The highest BCUT2D eigenvalue weighted by atomic mass is 19.1. The normalized spacial score (nSPS) is 18.8. The minimum Gasteiger partial charge on any atom is -0.383 e. The molecule has 206 valence electrons. The Balaban J connectivity index is 1.48. The van der Waals surface area contributed by atoms with Crippen LogP contribution in [0.2, 0.25) is 0 Å². The molecule has 3 heterocycles. The van der Waals surface area contributed by atoms with Gasteiger partial charge in [-0.3, -0.25) is 15.0 Å². The summed E-state index contributed by atoms with van der Waals surface area (Å²) in [5, 5.41) is 30.4. The predicted octanol–water partition coefficient (Wildman–Crippen LogP) is 5.41. The van der Waals surface area contributed by atoms with Gasteiger partial charge in [0.2, 0.25) is 0 Å². The molecule has 9 nitrogen and oxygen atoms in total. The molecule has 0 radical (unpaired) electrons. The second-order valence-electron chi connectivity index (χ2n) is 11.6. The summed E-state index contributed by atoms with van der Waals surface area (Å²) in [5.74, 6) is 0. The molecular weight excluding hydrogens is 517 g/mol. The van der Waals surface area contributed by atoms with Crippen LogP contribution in [0.25, 0.3) is 21.8 Å². The zero-order valence-electron chi connectivity index (χ0n) is 23.0. The van der Waals surface area contributed by atoms with Crippen molar-refractivity contribution in [2.45, 2.75) is 45.4 Å². The van der Waals surface area contributed by atoms with Crippen molar-refractivity contribution in [2.24, 2.45) is 5.41 Å². The molecule has 1 saturated carbocycles. The Morgan fingerprint density at radius 1 is 1.10 bits per heavy atom. The van der Waals surface area contributed by atoms with Crippen LogP contribution in [0.4, 0.5) is 15.8 Å². The Bertz CT molecular complexity index is 1760. The van der Waals surface area contributed by atoms with Gasteiger partial charge in [0, 0.05) is 48.0 Å². The van der Waals surface area contributed by atoms with Crippen molar-refractivity contribution in [2.75, 3.05) is 17.2 Å². The zero-order chi connectivity index (χ0) is 28.7. The van der Waals surface area contributed by atoms with E-state index in [1.54, 1.807) is 17.3 Å². The number of fused-ring (bicyclic) bond motifs is 2. The van der Waals surface area contributed by atoms with Crippen molar-refractivity contribution in [1.82, 2.24) is 25.9 Å². The van der Waals surface area contributed by atoms with Crippen LogP contribution in [0.15, 0.2) is 66.8 Å². The molecule has 4 N–H and O–H groups in total. The lowest BCUT2D eigenvalue weighted by molar-refractivity contribution is 0.236. The van der Waals surface area contributed by atoms with Crippen molar-refractivity contribution >= 4 is 33.2 Å². The van der Waals surface area contributed by atoms with Gasteiger partial charge in [0.1, 0.15) is 18.3 Å². The van der Waals surface area contributed by atoms with E-state index in [0.717, 1.165) is 22.2 Å². The van der Waals surface area contributed by atoms with Gasteiger partial charge >= 0.3 is 0 Å². The van der Waals surface area contributed by atoms with E-state index in [0.29, 0.717) is 46.4 Å². The summed E-state index contributed by atoms with van der Waals surface area (Å²) in [5.41, 5.74) is 11.5. The van der Waals surface area contributed by atoms with Crippen LogP contribution in [-0.4, -0.2) is 33.7 Å². The number of hydrazine groups is 2. The molecule has 1 aliphatic heterocycles. The topological polar surface area (TPSA) is 125 Å². The summed E-state index contributed by atoms with van der Waals surface area (Å²) in [4.78, 5) is 9.00. The first-order valence-corrected chi connectivity index (χ1v) is 13.5. The third-order valence-corrected chi connectivity index (χ3v) is 7.27. The molecular formula is C31H30FN9. The molecule has 6 rings (SSSR count). The molecule has 2 aromatic carbocycles. The van der Waals surface area contributed by atoms with E-state index in [1.807, 2.05) is 42.6 Å². The molecule has 0 unspecified atom stereocenters. The van der Waals surface area contributed by atoms with E-state index in [9.17, 15) is 14.9 Å². The molecule has 10 heteroatoms. The van der Waals surface area contributed by atoms with Gasteiger partial charge in [-0.2, -0.15) is 10.5 Å². The van der Waals surface area contributed by atoms with E-state index in [4.69, 9.17) is 0 Å². The van der Waals surface area contributed by atoms with Gasteiger partial charge < -0.3 is 16.1 Å². The molecule has 2 aliphatic rings. The van der Waals surface area contributed by atoms with Gasteiger partial charge in [-0.05, 0) is 35.2 Å². The summed E-state index contributed by atoms with van der Waals surface area (Å²) in [6.07, 6.45) is 4.76. The highest BCUT2D eigenvalue weighted by Crippen LogP contribution is 2.37. The Labute approximate surface area is 237 Å². The SMILES string of the molecule is CC(C)(C)CNc1c(C#N)cnc2c(C#N)cc(N[C@H](C3=CN([C@@H]4C[C@@H]4F)NN3)c3cccc4ncccc34)cc12. The Hall–Kier alpha value is -4.93. The lowest BCUT2D eigenvalue weighted by Gasteiger charge is -2.24. The van der Waals surface area contributed by atoms with Gasteiger partial charge in [0.15, 0.2) is 0 Å². The number of nitriles is 2. The summed E-state index contributed by atoms with van der Waals surface area (Å²) in [6.45, 7) is 6.96. The Morgan fingerprint density at radius 2 is 1.90 bits per heavy atom. The van der Waals surface area contributed by atoms with Gasteiger partial charge in [0.25, 0.3) is 0 Å². The number of alkyl halides is 1. The quantitative estimate of drug-likeness (QED) is 0.240. The first-order chi connectivity index (χ1) is 19.8. The minimum atomic E-state index is -0.868. The third-order valence-electron chi connectivity index (χ3n) is 7.27. The summed E-state index contributed by atoms with van der Waals surface area (Å²) in [6, 6.07) is 17.4. The predicted molar refractivity (Wildman–Crippen MR) is 157 cm³/mol. The van der Waals surface area contributed by atoms with Crippen LogP contribution in [0.1, 0.15) is 49.9 Å². The first-order valence-electron chi connectivity index (χ1n) is 13.5. The van der Waals surface area contributed by atoms with Crippen LogP contribution in [0.3, 0.4) is 0 Å². The van der Waals surface area contributed by atoms with Crippen molar-refractivity contribution in [3.8, 4) is 12.1 Å². The number of pyridine rings is 2. The third kappa shape index (κ3) is 5.18. The molecule has 2 aromatic heterocycles. The molecule has 1 aliphatic carbocycles. The van der Waals surface area contributed by atoms with Crippen molar-refractivity contribution in [3.63, 3.8) is 0 Å². The smallest absolute Gasteiger partial charge is 0.124 e. The number of aromatic nitrogens is 2. The average Bonchev–Trinajstić information content (AvgIpc) is 3.50. The van der Waals surface area contributed by atoms with E-state index < -0.39 is 12.2 Å². The maximum Gasteiger partial charge on any atom is 0.124 e. The number of rotatable bonds is 7. The van der Waals surface area contributed by atoms with Crippen LogP contribution in [0, 0.1) is 28.1 Å². The number of hydrogen-bond donors (Lipinski definition) is 4. The number of nitrogens with one attached hydrogen (secondary N) is 4. The monoisotopic (exact) mass is 547 g/mol. The maximum atomic E-state index is 13.9. The second-order valence-corrected chi connectivity index (χ2v) is 11.6. The minimum absolute atomic E-state index is 0.0383. The largest absolute Gasteiger partial charge is 0.383 e. The number of benzene rings is 2. The van der Waals surface area contributed by atoms with E-state index >= 15 is 0 Å². The molecule has 0 spiro atoms. The van der Waals surface area contributed by atoms with Gasteiger partial charge in [-0.15, -0.1) is 5.53 Å². The highest BCUT2D eigenvalue weighted by molar-refractivity contribution is 5.99. The fraction of sp³-hybridized carbons (Fsp3) is 0.290. The molecule has 0 saturated heterocycles. The zero-order valence-corrected chi connectivity index (χ0v) is 23.0. The number of nitrogens with zero attached hydrogens (tertiary/aromatic N) is 5. The lowest BCUT2D eigenvalue weighted by atomic mass is 9.96. The van der Waals surface area contributed by atoms with Gasteiger partial charge in [0.05, 0.1) is 45.6 Å². The van der Waals surface area contributed by atoms with Crippen molar-refractivity contribution in [1.29, 1.82) is 10.5 Å². The van der Waals surface area contributed by atoms with Crippen LogP contribution < -0.4 is 21.6 Å². The van der Waals surface area contributed by atoms with Crippen LogP contribution >= 0.6 is 0 Å². The van der Waals surface area contributed by atoms with Crippen molar-refractivity contribution < 1.29 is 4.39 Å². The van der Waals surface area contributed by atoms with E-state index in [2.05, 4.69) is 64.5 Å². The summed E-state index contributed by atoms with van der Waals surface area (Å²) in [7, 11) is 0. The maximum absolute atomic E-state index is 13.9. The molecule has 0 amide bonds. The standard InChI is InChI=1S/C31H30FN9/c1-31(2,3)17-37-29-19(14-34)15-36-28-18(13-33)10-20(11-23(28)29)38-30(26-16-41(40-39-26)27-12-24(27)32)22-6-4-8-25-21(22)7-5-9-35-25/h4-11,15-16,24,27,30,38-40H,12,17H2,1-3H3,(H,36,37)/t24-,27+,30-/m0/s1. The molecule has 3 atom stereocenters. The van der Waals surface area contributed by atoms with E-state index in [-0.39, 0.29) is 11.5 Å². The Morgan fingerprint density at radius 3 is 2.63 bits per heavy atom. The molecule has 1 fully saturated rings. The fourth-order valence-corrected chi connectivity index (χ4v) is 5.08. The second kappa shape index (κ2) is 10.2. The average molecular weight is 548 g/mol. The van der Waals surface area contributed by atoms with E-state index in [1.165, 1.54) is 6.20 Å².